The second-order valence-electron chi connectivity index (χ2n) is 9.94. The average Bonchev–Trinajstić information content (AvgIpc) is 3.33. The molecule has 7 nitrogen and oxygen atoms in total. The maximum atomic E-state index is 13.1. The van der Waals surface area contributed by atoms with Crippen LogP contribution in [0.3, 0.4) is 0 Å². The Balaban J connectivity index is 1.15. The van der Waals surface area contributed by atoms with E-state index in [1.807, 2.05) is 35.2 Å². The molecule has 0 N–H and O–H groups in total. The Morgan fingerprint density at radius 2 is 1.63 bits per heavy atom. The third-order valence-electron chi connectivity index (χ3n) is 7.35. The Bertz CT molecular complexity index is 1070. The summed E-state index contributed by atoms with van der Waals surface area (Å²) in [6.07, 6.45) is 3.55. The lowest BCUT2D eigenvalue weighted by Gasteiger charge is -2.32. The maximum absolute atomic E-state index is 13.1. The summed E-state index contributed by atoms with van der Waals surface area (Å²) in [7, 11) is 0. The van der Waals surface area contributed by atoms with Gasteiger partial charge in [-0.25, -0.2) is 0 Å². The van der Waals surface area contributed by atoms with Crippen molar-refractivity contribution in [2.75, 3.05) is 39.4 Å². The van der Waals surface area contributed by atoms with E-state index in [0.717, 1.165) is 43.6 Å². The van der Waals surface area contributed by atoms with Crippen LogP contribution >= 0.6 is 0 Å². The van der Waals surface area contributed by atoms with Gasteiger partial charge in [0.1, 0.15) is 0 Å². The Kier molecular flexibility index (Phi) is 6.86. The molecular weight excluding hydrogens is 442 g/mol. The van der Waals surface area contributed by atoms with Crippen LogP contribution in [0.4, 0.5) is 0 Å². The van der Waals surface area contributed by atoms with Crippen molar-refractivity contribution >= 4 is 17.5 Å². The summed E-state index contributed by atoms with van der Waals surface area (Å²) in [5.74, 6) is 0.646. The third-order valence-corrected chi connectivity index (χ3v) is 7.35. The molecule has 0 aliphatic carbocycles. The minimum absolute atomic E-state index is 0.0537. The molecule has 0 bridgehead atoms. The summed E-state index contributed by atoms with van der Waals surface area (Å²) in [5, 5.41) is 4.22. The molecule has 2 amide bonds. The average molecular weight is 476 g/mol. The molecule has 3 aliphatic rings. The normalized spacial score (nSPS) is 23.1. The van der Waals surface area contributed by atoms with E-state index in [0.29, 0.717) is 44.2 Å². The minimum atomic E-state index is -0.995. The first-order valence-electron chi connectivity index (χ1n) is 12.6. The van der Waals surface area contributed by atoms with Crippen LogP contribution in [0.25, 0.3) is 0 Å². The number of oxime groups is 1. The Labute approximate surface area is 206 Å². The van der Waals surface area contributed by atoms with Gasteiger partial charge in [-0.2, -0.15) is 0 Å². The molecule has 5 rings (SSSR count). The quantitative estimate of drug-likeness (QED) is 0.663. The van der Waals surface area contributed by atoms with Gasteiger partial charge in [0.05, 0.1) is 18.9 Å². The van der Waals surface area contributed by atoms with Crippen molar-refractivity contribution in [3.8, 4) is 0 Å². The first-order chi connectivity index (χ1) is 17.0. The van der Waals surface area contributed by atoms with Gasteiger partial charge in [-0.05, 0) is 55.4 Å². The maximum Gasteiger partial charge on any atom is 0.269 e. The fraction of sp³-hybridized carbons (Fsp3) is 0.464. The van der Waals surface area contributed by atoms with Gasteiger partial charge in [-0.1, -0.05) is 47.6 Å². The summed E-state index contributed by atoms with van der Waals surface area (Å²) in [4.78, 5) is 35.4. The number of rotatable bonds is 5. The van der Waals surface area contributed by atoms with E-state index in [4.69, 9.17) is 9.57 Å². The molecule has 2 aromatic rings. The molecule has 2 aromatic carbocycles. The van der Waals surface area contributed by atoms with Crippen LogP contribution in [-0.4, -0.2) is 72.3 Å². The van der Waals surface area contributed by atoms with Crippen LogP contribution in [0, 0.1) is 5.92 Å². The molecule has 0 spiro atoms. The van der Waals surface area contributed by atoms with E-state index < -0.39 is 5.60 Å². The molecule has 1 atom stereocenters. The number of likely N-dealkylation sites (tertiary alicyclic amines) is 1. The van der Waals surface area contributed by atoms with Crippen LogP contribution in [0.2, 0.25) is 0 Å². The lowest BCUT2D eigenvalue weighted by molar-refractivity contribution is -0.157. The number of amides is 2. The first kappa shape index (κ1) is 23.5. The highest BCUT2D eigenvalue weighted by atomic mass is 16.7. The number of carbonyl (C=O) groups excluding carboxylic acids is 2. The fourth-order valence-corrected chi connectivity index (χ4v) is 5.19. The molecule has 7 heteroatoms. The summed E-state index contributed by atoms with van der Waals surface area (Å²) < 4.78 is 5.35. The number of ether oxygens (including phenoxy) is 1. The molecule has 0 radical (unpaired) electrons. The number of nitrogens with zero attached hydrogens (tertiary/aromatic N) is 3. The number of carbonyl (C=O) groups is 2. The fourth-order valence-electron chi connectivity index (χ4n) is 5.19. The molecule has 2 saturated heterocycles. The van der Waals surface area contributed by atoms with Crippen LogP contribution in [-0.2, 0) is 20.8 Å². The molecule has 184 valence electrons. The second kappa shape index (κ2) is 10.2. The van der Waals surface area contributed by atoms with Gasteiger partial charge in [0, 0.05) is 38.2 Å². The smallest absolute Gasteiger partial charge is 0.269 e. The van der Waals surface area contributed by atoms with Crippen molar-refractivity contribution in [1.82, 2.24) is 9.80 Å². The van der Waals surface area contributed by atoms with Crippen molar-refractivity contribution in [3.63, 3.8) is 0 Å². The largest absolute Gasteiger partial charge is 0.379 e. The zero-order valence-electron chi connectivity index (χ0n) is 20.3. The van der Waals surface area contributed by atoms with Gasteiger partial charge >= 0.3 is 0 Å². The van der Waals surface area contributed by atoms with Crippen LogP contribution < -0.4 is 0 Å². The first-order valence-corrected chi connectivity index (χ1v) is 12.6. The van der Waals surface area contributed by atoms with Crippen LogP contribution in [0.1, 0.15) is 47.7 Å². The van der Waals surface area contributed by atoms with E-state index in [1.165, 1.54) is 5.56 Å². The van der Waals surface area contributed by atoms with E-state index in [2.05, 4.69) is 29.4 Å². The topological polar surface area (TPSA) is 71.4 Å². The lowest BCUT2D eigenvalue weighted by Crippen LogP contribution is -2.51. The van der Waals surface area contributed by atoms with Crippen LogP contribution in [0.15, 0.2) is 59.8 Å². The number of morpholine rings is 1. The van der Waals surface area contributed by atoms with Crippen LogP contribution in [0.5, 0.6) is 0 Å². The SMILES string of the molecule is CC1(C(=O)N2CCOCC2)CC(c2ccc(C(=O)N3CCC(Cc4ccccc4)CC3)cc2)=NO1. The van der Waals surface area contributed by atoms with Crippen molar-refractivity contribution in [2.24, 2.45) is 11.1 Å². The molecule has 3 heterocycles. The highest BCUT2D eigenvalue weighted by Gasteiger charge is 2.45. The van der Waals surface area contributed by atoms with Gasteiger partial charge in [0.2, 0.25) is 5.60 Å². The molecule has 0 aromatic heterocycles. The zero-order chi connectivity index (χ0) is 24.3. The molecular formula is C28H33N3O4. The minimum Gasteiger partial charge on any atom is -0.379 e. The summed E-state index contributed by atoms with van der Waals surface area (Å²) in [6.45, 7) is 5.63. The van der Waals surface area contributed by atoms with Crippen molar-refractivity contribution in [3.05, 3.63) is 71.3 Å². The number of hydrogen-bond donors (Lipinski definition) is 0. The Morgan fingerprint density at radius 3 is 2.31 bits per heavy atom. The summed E-state index contributed by atoms with van der Waals surface area (Å²) >= 11 is 0. The monoisotopic (exact) mass is 475 g/mol. The zero-order valence-corrected chi connectivity index (χ0v) is 20.3. The number of hydrogen-bond acceptors (Lipinski definition) is 5. The highest BCUT2D eigenvalue weighted by molar-refractivity contribution is 6.06. The predicted octanol–water partition coefficient (Wildman–Crippen LogP) is 3.52. The van der Waals surface area contributed by atoms with Gasteiger partial charge in [0.15, 0.2) is 0 Å². The van der Waals surface area contributed by atoms with Gasteiger partial charge < -0.3 is 19.4 Å². The number of piperidine rings is 1. The van der Waals surface area contributed by atoms with Gasteiger partial charge in [-0.15, -0.1) is 0 Å². The van der Waals surface area contributed by atoms with Gasteiger partial charge in [0.25, 0.3) is 11.8 Å². The lowest BCUT2D eigenvalue weighted by atomic mass is 9.90. The van der Waals surface area contributed by atoms with Gasteiger partial charge in [-0.3, -0.25) is 9.59 Å². The Morgan fingerprint density at radius 1 is 0.943 bits per heavy atom. The standard InChI is InChI=1S/C28H33N3O4/c1-28(27(33)31-15-17-34-18-16-31)20-25(29-35-28)23-7-9-24(10-8-23)26(32)30-13-11-22(12-14-30)19-21-5-3-2-4-6-21/h2-10,22H,11-20H2,1H3. The van der Waals surface area contributed by atoms with Crippen molar-refractivity contribution < 1.29 is 19.2 Å². The summed E-state index contributed by atoms with van der Waals surface area (Å²) in [6, 6.07) is 18.1. The second-order valence-corrected chi connectivity index (χ2v) is 9.94. The molecule has 35 heavy (non-hydrogen) atoms. The predicted molar refractivity (Wildman–Crippen MR) is 133 cm³/mol. The van der Waals surface area contributed by atoms with Crippen molar-refractivity contribution in [1.29, 1.82) is 0 Å². The van der Waals surface area contributed by atoms with E-state index >= 15 is 0 Å². The third kappa shape index (κ3) is 5.25. The van der Waals surface area contributed by atoms with E-state index in [1.54, 1.807) is 11.8 Å². The molecule has 3 aliphatic heterocycles. The molecule has 2 fully saturated rings. The highest BCUT2D eigenvalue weighted by Crippen LogP contribution is 2.29. The number of benzene rings is 2. The van der Waals surface area contributed by atoms with E-state index in [-0.39, 0.29) is 11.8 Å². The van der Waals surface area contributed by atoms with Crippen molar-refractivity contribution in [2.45, 2.75) is 38.2 Å². The summed E-state index contributed by atoms with van der Waals surface area (Å²) in [5.41, 5.74) is 2.67. The molecule has 1 unspecified atom stereocenters. The molecule has 0 saturated carbocycles. The van der Waals surface area contributed by atoms with E-state index in [9.17, 15) is 9.59 Å². The Hall–Kier alpha value is -3.19.